The van der Waals surface area contributed by atoms with Crippen molar-refractivity contribution < 1.29 is 9.53 Å². The van der Waals surface area contributed by atoms with Gasteiger partial charge in [0.05, 0.1) is 6.26 Å². The molecule has 1 fully saturated rings. The van der Waals surface area contributed by atoms with Crippen molar-refractivity contribution in [1.29, 1.82) is 0 Å². The summed E-state index contributed by atoms with van der Waals surface area (Å²) in [7, 11) is 0. The van der Waals surface area contributed by atoms with Gasteiger partial charge in [0, 0.05) is 11.3 Å². The third kappa shape index (κ3) is 0.778. The molecule has 0 aromatic carbocycles. The molecule has 0 bridgehead atoms. The number of carbonyl (C=O) groups excluding carboxylic acids is 1. The van der Waals surface area contributed by atoms with Crippen molar-refractivity contribution in [2.24, 2.45) is 0 Å². The van der Waals surface area contributed by atoms with Gasteiger partial charge in [-0.3, -0.25) is 4.79 Å². The van der Waals surface area contributed by atoms with E-state index >= 15 is 0 Å². The Morgan fingerprint density at radius 1 is 1.70 bits per heavy atom. The Hall–Kier alpha value is -0.700. The van der Waals surface area contributed by atoms with Crippen molar-refractivity contribution in [2.45, 2.75) is 6.10 Å². The standard InChI is InChI=1S/C7H6O2S/c8-7-5-2-1-3-9-6(5)4-10-7/h1-3,6H,4H2. The highest BCUT2D eigenvalue weighted by Crippen LogP contribution is 2.29. The van der Waals surface area contributed by atoms with E-state index in [-0.39, 0.29) is 11.2 Å². The quantitative estimate of drug-likeness (QED) is 0.522. The van der Waals surface area contributed by atoms with Crippen LogP contribution in [0.5, 0.6) is 0 Å². The molecular weight excluding hydrogens is 148 g/mol. The number of hydrogen-bond acceptors (Lipinski definition) is 3. The van der Waals surface area contributed by atoms with E-state index in [1.807, 2.05) is 6.08 Å². The summed E-state index contributed by atoms with van der Waals surface area (Å²) >= 11 is 1.33. The number of allylic oxidation sites excluding steroid dienone is 2. The lowest BCUT2D eigenvalue weighted by Gasteiger charge is -2.11. The lowest BCUT2D eigenvalue weighted by molar-refractivity contribution is -0.108. The number of carbonyl (C=O) groups is 1. The fourth-order valence-electron chi connectivity index (χ4n) is 1.03. The molecule has 2 rings (SSSR count). The van der Waals surface area contributed by atoms with Crippen LogP contribution in [0.1, 0.15) is 0 Å². The van der Waals surface area contributed by atoms with Gasteiger partial charge in [-0.1, -0.05) is 11.8 Å². The molecule has 0 radical (unpaired) electrons. The molecule has 0 amide bonds. The van der Waals surface area contributed by atoms with Crippen LogP contribution in [0, 0.1) is 0 Å². The highest BCUT2D eigenvalue weighted by molar-refractivity contribution is 8.14. The van der Waals surface area contributed by atoms with Gasteiger partial charge >= 0.3 is 0 Å². The van der Waals surface area contributed by atoms with Crippen LogP contribution in [-0.2, 0) is 9.53 Å². The van der Waals surface area contributed by atoms with Gasteiger partial charge in [0.1, 0.15) is 6.10 Å². The highest BCUT2D eigenvalue weighted by atomic mass is 32.2. The Labute approximate surface area is 62.9 Å². The fraction of sp³-hybridized carbons (Fsp3) is 0.286. The van der Waals surface area contributed by atoms with E-state index in [4.69, 9.17) is 4.74 Å². The van der Waals surface area contributed by atoms with Gasteiger partial charge < -0.3 is 4.74 Å². The summed E-state index contributed by atoms with van der Waals surface area (Å²) in [5.74, 6) is 0.773. The Balaban J connectivity index is 2.33. The molecule has 1 atom stereocenters. The molecule has 1 unspecified atom stereocenters. The first-order chi connectivity index (χ1) is 4.88. The van der Waals surface area contributed by atoms with E-state index in [1.165, 1.54) is 11.8 Å². The largest absolute Gasteiger partial charge is 0.492 e. The molecule has 10 heavy (non-hydrogen) atoms. The molecule has 0 aliphatic carbocycles. The summed E-state index contributed by atoms with van der Waals surface area (Å²) < 4.78 is 5.18. The van der Waals surface area contributed by atoms with Crippen molar-refractivity contribution in [3.8, 4) is 0 Å². The molecule has 52 valence electrons. The minimum absolute atomic E-state index is 0.0301. The first-order valence-corrected chi connectivity index (χ1v) is 4.06. The van der Waals surface area contributed by atoms with Crippen molar-refractivity contribution in [3.05, 3.63) is 24.0 Å². The van der Waals surface area contributed by atoms with Crippen molar-refractivity contribution in [3.63, 3.8) is 0 Å². The van der Waals surface area contributed by atoms with Crippen LogP contribution in [0.4, 0.5) is 0 Å². The second kappa shape index (κ2) is 2.16. The summed E-state index contributed by atoms with van der Waals surface area (Å²) in [4.78, 5) is 11.0. The molecular formula is C7H6O2S. The first kappa shape index (κ1) is 6.04. The molecule has 2 aliphatic heterocycles. The SMILES string of the molecule is O=C1SCC2OC=CC=C12. The Bertz CT molecular complexity index is 230. The second-order valence-corrected chi connectivity index (χ2v) is 3.17. The number of rotatable bonds is 0. The van der Waals surface area contributed by atoms with E-state index < -0.39 is 0 Å². The van der Waals surface area contributed by atoms with Gasteiger partial charge in [0.15, 0.2) is 0 Å². The molecule has 1 saturated heterocycles. The lowest BCUT2D eigenvalue weighted by atomic mass is 10.1. The molecule has 0 spiro atoms. The minimum atomic E-state index is 0.0301. The van der Waals surface area contributed by atoms with Crippen LogP contribution >= 0.6 is 11.8 Å². The van der Waals surface area contributed by atoms with Gasteiger partial charge in [-0.15, -0.1) is 0 Å². The summed E-state index contributed by atoms with van der Waals surface area (Å²) in [6, 6.07) is 0. The van der Waals surface area contributed by atoms with Crippen LogP contribution in [0.3, 0.4) is 0 Å². The van der Waals surface area contributed by atoms with Crippen LogP contribution < -0.4 is 0 Å². The highest BCUT2D eigenvalue weighted by Gasteiger charge is 2.30. The van der Waals surface area contributed by atoms with Crippen LogP contribution in [0.15, 0.2) is 24.0 Å². The van der Waals surface area contributed by atoms with Gasteiger partial charge in [-0.2, -0.15) is 0 Å². The fourth-order valence-corrected chi connectivity index (χ4v) is 1.95. The minimum Gasteiger partial charge on any atom is -0.492 e. The summed E-state index contributed by atoms with van der Waals surface area (Å²) in [6.45, 7) is 0. The molecule has 2 nitrogen and oxygen atoms in total. The van der Waals surface area contributed by atoms with E-state index in [0.29, 0.717) is 0 Å². The van der Waals surface area contributed by atoms with Crippen LogP contribution in [0.25, 0.3) is 0 Å². The Morgan fingerprint density at radius 3 is 3.40 bits per heavy atom. The smallest absolute Gasteiger partial charge is 0.219 e. The Morgan fingerprint density at radius 2 is 2.60 bits per heavy atom. The van der Waals surface area contributed by atoms with E-state index in [0.717, 1.165) is 11.3 Å². The normalized spacial score (nSPS) is 29.4. The van der Waals surface area contributed by atoms with Crippen molar-refractivity contribution >= 4 is 16.9 Å². The van der Waals surface area contributed by atoms with Crippen molar-refractivity contribution in [2.75, 3.05) is 5.75 Å². The molecule has 2 heterocycles. The maximum absolute atomic E-state index is 11.0. The number of thioether (sulfide) groups is 1. The third-order valence-corrected chi connectivity index (χ3v) is 2.51. The third-order valence-electron chi connectivity index (χ3n) is 1.55. The average Bonchev–Trinajstić information content (AvgIpc) is 2.34. The molecule has 0 N–H and O–H groups in total. The summed E-state index contributed by atoms with van der Waals surface area (Å²) in [5.41, 5.74) is 0.813. The maximum atomic E-state index is 11.0. The number of ether oxygens (including phenoxy) is 1. The second-order valence-electron chi connectivity index (χ2n) is 2.17. The molecule has 0 saturated carbocycles. The summed E-state index contributed by atoms with van der Waals surface area (Å²) in [6.07, 6.45) is 5.25. The first-order valence-electron chi connectivity index (χ1n) is 3.07. The van der Waals surface area contributed by atoms with Gasteiger partial charge in [0.25, 0.3) is 0 Å². The van der Waals surface area contributed by atoms with E-state index in [2.05, 4.69) is 0 Å². The van der Waals surface area contributed by atoms with Gasteiger partial charge in [-0.05, 0) is 12.2 Å². The molecule has 2 aliphatic rings. The predicted octanol–water partition coefficient (Wildman–Crippen LogP) is 1.10. The molecule has 3 heteroatoms. The zero-order valence-electron chi connectivity index (χ0n) is 5.24. The number of fused-ring (bicyclic) bond motifs is 1. The molecule has 0 aromatic heterocycles. The van der Waals surface area contributed by atoms with Crippen molar-refractivity contribution in [1.82, 2.24) is 0 Å². The van der Waals surface area contributed by atoms with Gasteiger partial charge in [0.2, 0.25) is 5.12 Å². The topological polar surface area (TPSA) is 26.3 Å². The monoisotopic (exact) mass is 154 g/mol. The van der Waals surface area contributed by atoms with E-state index in [1.54, 1.807) is 12.3 Å². The number of hydrogen-bond donors (Lipinski definition) is 0. The lowest BCUT2D eigenvalue weighted by Crippen LogP contribution is -2.13. The zero-order valence-corrected chi connectivity index (χ0v) is 6.06. The Kier molecular flexibility index (Phi) is 1.31. The average molecular weight is 154 g/mol. The predicted molar refractivity (Wildman–Crippen MR) is 39.6 cm³/mol. The van der Waals surface area contributed by atoms with Gasteiger partial charge in [-0.25, -0.2) is 0 Å². The van der Waals surface area contributed by atoms with Crippen LogP contribution in [-0.4, -0.2) is 17.0 Å². The maximum Gasteiger partial charge on any atom is 0.219 e. The molecule has 0 aromatic rings. The van der Waals surface area contributed by atoms with Crippen LogP contribution in [0.2, 0.25) is 0 Å². The van der Waals surface area contributed by atoms with E-state index in [9.17, 15) is 4.79 Å². The zero-order chi connectivity index (χ0) is 6.97. The summed E-state index contributed by atoms with van der Waals surface area (Å²) in [5, 5.41) is 0.161.